The Bertz CT molecular complexity index is 370. The van der Waals surface area contributed by atoms with E-state index in [1.165, 1.54) is 13.0 Å². The lowest BCUT2D eigenvalue weighted by molar-refractivity contribution is -0.141. The highest BCUT2D eigenvalue weighted by Crippen LogP contribution is 2.28. The molecule has 0 aliphatic carbocycles. The number of carbonyl (C=O) groups is 3. The van der Waals surface area contributed by atoms with Crippen LogP contribution in [0.5, 0.6) is 0 Å². The van der Waals surface area contributed by atoms with Crippen molar-refractivity contribution in [2.24, 2.45) is 0 Å². The molecule has 1 aliphatic rings. The monoisotopic (exact) mass is 273 g/mol. The highest BCUT2D eigenvalue weighted by molar-refractivity contribution is 8.14. The summed E-state index contributed by atoms with van der Waals surface area (Å²) in [4.78, 5) is 34.8. The molecule has 6 nitrogen and oxygen atoms in total. The quantitative estimate of drug-likeness (QED) is 0.773. The van der Waals surface area contributed by atoms with Gasteiger partial charge in [-0.05, 0) is 6.42 Å². The van der Waals surface area contributed by atoms with E-state index >= 15 is 0 Å². The number of ether oxygens (including phenoxy) is 1. The van der Waals surface area contributed by atoms with Crippen LogP contribution in [0.25, 0.3) is 0 Å². The van der Waals surface area contributed by atoms with Crippen molar-refractivity contribution in [2.75, 3.05) is 13.2 Å². The Morgan fingerprint density at radius 2 is 2.22 bits per heavy atom. The number of nitrogens with zero attached hydrogens (tertiary/aromatic N) is 1. The Labute approximate surface area is 109 Å². The van der Waals surface area contributed by atoms with Gasteiger partial charge in [0.05, 0.1) is 0 Å². The van der Waals surface area contributed by atoms with Crippen LogP contribution in [0.15, 0.2) is 12.7 Å². The second kappa shape index (κ2) is 6.44. The number of amides is 1. The van der Waals surface area contributed by atoms with Gasteiger partial charge < -0.3 is 9.84 Å². The molecule has 2 atom stereocenters. The molecule has 0 bridgehead atoms. The fourth-order valence-corrected chi connectivity index (χ4v) is 2.75. The summed E-state index contributed by atoms with van der Waals surface area (Å²) in [5.74, 6) is -1.09. The van der Waals surface area contributed by atoms with E-state index in [1.807, 2.05) is 0 Å². The maximum atomic E-state index is 11.6. The lowest BCUT2D eigenvalue weighted by Gasteiger charge is -2.20. The van der Waals surface area contributed by atoms with Gasteiger partial charge in [0.15, 0.2) is 5.12 Å². The van der Waals surface area contributed by atoms with E-state index < -0.39 is 18.1 Å². The van der Waals surface area contributed by atoms with Crippen LogP contribution in [0, 0.1) is 0 Å². The number of likely N-dealkylation sites (tertiary alicyclic amines) is 1. The molecule has 7 heteroatoms. The minimum absolute atomic E-state index is 0.0339. The molecule has 0 spiro atoms. The Morgan fingerprint density at radius 3 is 2.72 bits per heavy atom. The number of hydrogen-bond donors (Lipinski definition) is 1. The number of thioether (sulfide) groups is 1. The van der Waals surface area contributed by atoms with E-state index in [2.05, 4.69) is 6.58 Å². The zero-order valence-corrected chi connectivity index (χ0v) is 10.8. The van der Waals surface area contributed by atoms with Crippen molar-refractivity contribution >= 4 is 28.9 Å². The van der Waals surface area contributed by atoms with Crippen molar-refractivity contribution in [3.8, 4) is 0 Å². The molecule has 1 heterocycles. The van der Waals surface area contributed by atoms with E-state index in [0.29, 0.717) is 0 Å². The van der Waals surface area contributed by atoms with E-state index in [0.717, 1.165) is 16.7 Å². The Balaban J connectivity index is 2.68. The summed E-state index contributed by atoms with van der Waals surface area (Å²) < 4.78 is 4.82. The molecule has 0 aromatic rings. The van der Waals surface area contributed by atoms with Gasteiger partial charge in [-0.2, -0.15) is 0 Å². The summed E-state index contributed by atoms with van der Waals surface area (Å²) in [6.07, 6.45) is 0.975. The Morgan fingerprint density at radius 1 is 1.56 bits per heavy atom. The maximum Gasteiger partial charge on any atom is 0.410 e. The molecule has 100 valence electrons. The smallest absolute Gasteiger partial charge is 0.410 e. The third kappa shape index (κ3) is 3.76. The van der Waals surface area contributed by atoms with Crippen molar-refractivity contribution in [2.45, 2.75) is 24.6 Å². The van der Waals surface area contributed by atoms with Gasteiger partial charge in [-0.3, -0.25) is 9.69 Å². The Hall–Kier alpha value is -1.50. The first-order chi connectivity index (χ1) is 8.45. The van der Waals surface area contributed by atoms with Crippen molar-refractivity contribution in [3.05, 3.63) is 12.7 Å². The molecule has 1 amide bonds. The summed E-state index contributed by atoms with van der Waals surface area (Å²) in [5.41, 5.74) is 0. The van der Waals surface area contributed by atoms with Crippen molar-refractivity contribution in [1.82, 2.24) is 4.90 Å². The maximum absolute atomic E-state index is 11.6. The number of hydrogen-bond acceptors (Lipinski definition) is 5. The molecule has 1 aliphatic heterocycles. The second-order valence-electron chi connectivity index (χ2n) is 3.84. The average molecular weight is 273 g/mol. The number of aliphatic carboxylic acids is 1. The Kier molecular flexibility index (Phi) is 5.21. The van der Waals surface area contributed by atoms with Crippen LogP contribution in [-0.2, 0) is 14.3 Å². The number of carboxylic acids is 1. The van der Waals surface area contributed by atoms with Gasteiger partial charge in [-0.1, -0.05) is 24.4 Å². The molecule has 1 saturated heterocycles. The third-order valence-corrected chi connectivity index (χ3v) is 3.45. The summed E-state index contributed by atoms with van der Waals surface area (Å²) in [6.45, 7) is 5.06. The molecule has 0 unspecified atom stereocenters. The van der Waals surface area contributed by atoms with Gasteiger partial charge in [0.1, 0.15) is 12.6 Å². The van der Waals surface area contributed by atoms with E-state index in [1.54, 1.807) is 0 Å². The topological polar surface area (TPSA) is 83.9 Å². The first kappa shape index (κ1) is 14.6. The fourth-order valence-electron chi connectivity index (χ4n) is 1.77. The van der Waals surface area contributed by atoms with Crippen molar-refractivity contribution in [1.29, 1.82) is 0 Å². The van der Waals surface area contributed by atoms with Gasteiger partial charge in [0.25, 0.3) is 0 Å². The molecule has 1 rings (SSSR count). The third-order valence-electron chi connectivity index (χ3n) is 2.44. The van der Waals surface area contributed by atoms with Gasteiger partial charge >= 0.3 is 12.1 Å². The molecule has 1 fully saturated rings. The molecule has 0 aromatic carbocycles. The second-order valence-corrected chi connectivity index (χ2v) is 5.32. The van der Waals surface area contributed by atoms with Crippen LogP contribution in [0.1, 0.15) is 13.3 Å². The van der Waals surface area contributed by atoms with Crippen LogP contribution in [0.2, 0.25) is 0 Å². The van der Waals surface area contributed by atoms with Crippen LogP contribution < -0.4 is 0 Å². The molecule has 18 heavy (non-hydrogen) atoms. The lowest BCUT2D eigenvalue weighted by Crippen LogP contribution is -2.40. The molecular formula is C11H15NO5S. The number of carboxylic acid groups (broad SMARTS) is 1. The summed E-state index contributed by atoms with van der Waals surface area (Å²) in [7, 11) is 0. The number of rotatable bonds is 4. The zero-order valence-electron chi connectivity index (χ0n) is 10.00. The van der Waals surface area contributed by atoms with E-state index in [4.69, 9.17) is 9.84 Å². The molecule has 0 radical (unpaired) electrons. The van der Waals surface area contributed by atoms with Crippen LogP contribution >= 0.6 is 11.8 Å². The SMILES string of the molecule is C=CCOC(=O)N1C[C@@H](SC(C)=O)C[C@H]1C(=O)O. The normalized spacial score (nSPS) is 22.6. The van der Waals surface area contributed by atoms with Crippen molar-refractivity contribution < 1.29 is 24.2 Å². The zero-order chi connectivity index (χ0) is 13.7. The van der Waals surface area contributed by atoms with E-state index in [-0.39, 0.29) is 29.9 Å². The average Bonchev–Trinajstić information content (AvgIpc) is 2.69. The van der Waals surface area contributed by atoms with Crippen molar-refractivity contribution in [3.63, 3.8) is 0 Å². The van der Waals surface area contributed by atoms with Crippen LogP contribution in [0.4, 0.5) is 4.79 Å². The van der Waals surface area contributed by atoms with Gasteiger partial charge in [0, 0.05) is 18.7 Å². The molecule has 1 N–H and O–H groups in total. The highest BCUT2D eigenvalue weighted by Gasteiger charge is 2.41. The van der Waals surface area contributed by atoms with Crippen LogP contribution in [-0.4, -0.2) is 51.6 Å². The van der Waals surface area contributed by atoms with Gasteiger partial charge in [-0.25, -0.2) is 9.59 Å². The predicted octanol–water partition coefficient (Wildman–Crippen LogP) is 1.12. The van der Waals surface area contributed by atoms with E-state index in [9.17, 15) is 14.4 Å². The summed E-state index contributed by atoms with van der Waals surface area (Å²) in [5, 5.41) is 8.76. The molecule has 0 aromatic heterocycles. The molecular weight excluding hydrogens is 258 g/mol. The lowest BCUT2D eigenvalue weighted by atomic mass is 10.2. The standard InChI is InChI=1S/C11H15NO5S/c1-3-4-17-11(16)12-6-8(18-7(2)13)5-9(12)10(14)15/h3,8-9H,1,4-6H2,2H3,(H,14,15)/t8-,9-/m0/s1. The first-order valence-corrected chi connectivity index (χ1v) is 6.28. The van der Waals surface area contributed by atoms with Gasteiger partial charge in [-0.15, -0.1) is 0 Å². The minimum atomic E-state index is -1.09. The summed E-state index contributed by atoms with van der Waals surface area (Å²) >= 11 is 1.06. The number of carbonyl (C=O) groups excluding carboxylic acids is 2. The van der Waals surface area contributed by atoms with Crippen LogP contribution in [0.3, 0.4) is 0 Å². The fraction of sp³-hybridized carbons (Fsp3) is 0.545. The van der Waals surface area contributed by atoms with Gasteiger partial charge in [0.2, 0.25) is 0 Å². The predicted molar refractivity (Wildman–Crippen MR) is 66.4 cm³/mol. The summed E-state index contributed by atoms with van der Waals surface area (Å²) in [6, 6.07) is -0.931. The highest BCUT2D eigenvalue weighted by atomic mass is 32.2. The minimum Gasteiger partial charge on any atom is -0.480 e. The largest absolute Gasteiger partial charge is 0.480 e. The molecule has 0 saturated carbocycles. The first-order valence-electron chi connectivity index (χ1n) is 5.40.